The number of furan rings is 1. The standard InChI is InChI=1S/C5H4O2.C3H6N6/c6-4-5-2-1-3-7-5;4-1-7-2(5)9-3(6)8-1/h1-4H;(H6,4,5,6,7,8,9). The van der Waals surface area contributed by atoms with Crippen LogP contribution in [0, 0.1) is 0 Å². The summed E-state index contributed by atoms with van der Waals surface area (Å²) in [5, 5.41) is 0. The van der Waals surface area contributed by atoms with Gasteiger partial charge in [-0.3, -0.25) is 4.79 Å². The minimum Gasteiger partial charge on any atom is -0.462 e. The fourth-order valence-electron chi connectivity index (χ4n) is 0.785. The van der Waals surface area contributed by atoms with Crippen molar-refractivity contribution in [1.82, 2.24) is 15.0 Å². The Bertz CT molecular complexity index is 405. The smallest absolute Gasteiger partial charge is 0.226 e. The van der Waals surface area contributed by atoms with Crippen LogP contribution in [0.25, 0.3) is 0 Å². The lowest BCUT2D eigenvalue weighted by Crippen LogP contribution is -2.05. The first-order valence-corrected chi connectivity index (χ1v) is 4.13. The van der Waals surface area contributed by atoms with Gasteiger partial charge in [0.15, 0.2) is 12.0 Å². The Hall–Kier alpha value is -2.64. The van der Waals surface area contributed by atoms with E-state index in [1.165, 1.54) is 6.26 Å². The van der Waals surface area contributed by atoms with Crippen LogP contribution < -0.4 is 17.2 Å². The van der Waals surface area contributed by atoms with E-state index in [9.17, 15) is 4.79 Å². The minimum atomic E-state index is 0.0417. The minimum absolute atomic E-state index is 0.0417. The summed E-state index contributed by atoms with van der Waals surface area (Å²) in [5.74, 6) is 0.500. The lowest BCUT2D eigenvalue weighted by atomic mass is 10.5. The van der Waals surface area contributed by atoms with Gasteiger partial charge in [-0.05, 0) is 12.1 Å². The zero-order valence-corrected chi connectivity index (χ0v) is 8.20. The molecule has 0 fully saturated rings. The van der Waals surface area contributed by atoms with E-state index in [0.717, 1.165) is 0 Å². The first-order valence-electron chi connectivity index (χ1n) is 4.13. The number of aromatic nitrogens is 3. The van der Waals surface area contributed by atoms with Crippen LogP contribution in [0.3, 0.4) is 0 Å². The van der Waals surface area contributed by atoms with E-state index in [-0.39, 0.29) is 17.8 Å². The van der Waals surface area contributed by atoms with Crippen LogP contribution in [0.5, 0.6) is 0 Å². The summed E-state index contributed by atoms with van der Waals surface area (Å²) in [6, 6.07) is 3.27. The largest absolute Gasteiger partial charge is 0.462 e. The van der Waals surface area contributed by atoms with Gasteiger partial charge in [0.2, 0.25) is 17.8 Å². The van der Waals surface area contributed by atoms with Crippen molar-refractivity contribution in [2.45, 2.75) is 0 Å². The highest BCUT2D eigenvalue weighted by Crippen LogP contribution is 1.97. The highest BCUT2D eigenvalue weighted by molar-refractivity contribution is 5.69. The van der Waals surface area contributed by atoms with E-state index >= 15 is 0 Å². The molecule has 0 atom stereocenters. The van der Waals surface area contributed by atoms with Crippen molar-refractivity contribution in [1.29, 1.82) is 0 Å². The lowest BCUT2D eigenvalue weighted by Gasteiger charge is -1.93. The Labute approximate surface area is 90.5 Å². The number of nitrogens with zero attached hydrogens (tertiary/aromatic N) is 3. The van der Waals surface area contributed by atoms with Crippen molar-refractivity contribution in [2.24, 2.45) is 0 Å². The number of carbonyl (C=O) groups is 1. The van der Waals surface area contributed by atoms with Gasteiger partial charge >= 0.3 is 0 Å². The van der Waals surface area contributed by atoms with E-state index in [4.69, 9.17) is 17.2 Å². The molecule has 0 amide bonds. The number of nitrogens with two attached hydrogens (primary N) is 3. The van der Waals surface area contributed by atoms with Crippen LogP contribution in [0.1, 0.15) is 10.6 Å². The van der Waals surface area contributed by atoms with Gasteiger partial charge in [0.1, 0.15) is 0 Å². The molecule has 16 heavy (non-hydrogen) atoms. The van der Waals surface area contributed by atoms with E-state index < -0.39 is 0 Å². The second-order valence-corrected chi connectivity index (χ2v) is 2.54. The fraction of sp³-hybridized carbons (Fsp3) is 0. The van der Waals surface area contributed by atoms with Crippen molar-refractivity contribution < 1.29 is 9.21 Å². The predicted octanol–water partition coefficient (Wildman–Crippen LogP) is -0.290. The Morgan fingerprint density at radius 2 is 1.56 bits per heavy atom. The fourth-order valence-corrected chi connectivity index (χ4v) is 0.785. The summed E-state index contributed by atoms with van der Waals surface area (Å²) < 4.78 is 4.61. The molecule has 0 aliphatic heterocycles. The number of hydrogen-bond donors (Lipinski definition) is 3. The third kappa shape index (κ3) is 3.62. The Balaban J connectivity index is 0.000000165. The molecule has 84 valence electrons. The maximum Gasteiger partial charge on any atom is 0.226 e. The van der Waals surface area contributed by atoms with Gasteiger partial charge in [-0.2, -0.15) is 15.0 Å². The third-order valence-electron chi connectivity index (χ3n) is 1.35. The topological polar surface area (TPSA) is 147 Å². The van der Waals surface area contributed by atoms with E-state index in [0.29, 0.717) is 12.0 Å². The van der Waals surface area contributed by atoms with Crippen molar-refractivity contribution in [3.8, 4) is 0 Å². The molecule has 0 aliphatic rings. The van der Waals surface area contributed by atoms with Crippen molar-refractivity contribution in [3.63, 3.8) is 0 Å². The molecule has 0 bridgehead atoms. The van der Waals surface area contributed by atoms with E-state index in [1.54, 1.807) is 12.1 Å². The van der Waals surface area contributed by atoms with Gasteiger partial charge in [-0.25, -0.2) is 0 Å². The van der Waals surface area contributed by atoms with Crippen LogP contribution in [0.15, 0.2) is 22.8 Å². The maximum atomic E-state index is 9.77. The molecule has 0 aliphatic carbocycles. The second kappa shape index (κ2) is 5.29. The van der Waals surface area contributed by atoms with E-state index in [1.807, 2.05) is 0 Å². The first kappa shape index (κ1) is 11.4. The molecule has 0 radical (unpaired) electrons. The molecule has 0 saturated carbocycles. The lowest BCUT2D eigenvalue weighted by molar-refractivity contribution is 0.110. The summed E-state index contributed by atoms with van der Waals surface area (Å²) in [5.41, 5.74) is 15.4. The van der Waals surface area contributed by atoms with Crippen molar-refractivity contribution >= 4 is 24.1 Å². The number of carbonyl (C=O) groups excluding carboxylic acids is 1. The molecule has 6 N–H and O–H groups in total. The van der Waals surface area contributed by atoms with Gasteiger partial charge in [0.05, 0.1) is 6.26 Å². The SMILES string of the molecule is Nc1nc(N)nc(N)n1.O=Cc1ccco1. The van der Waals surface area contributed by atoms with Gasteiger partial charge in [0, 0.05) is 0 Å². The summed E-state index contributed by atoms with van der Waals surface area (Å²) in [6.07, 6.45) is 2.13. The molecule has 0 saturated heterocycles. The summed E-state index contributed by atoms with van der Waals surface area (Å²) in [6.45, 7) is 0. The molecular formula is C8H10N6O2. The molecule has 2 heterocycles. The number of anilines is 3. The third-order valence-corrected chi connectivity index (χ3v) is 1.35. The molecule has 2 aromatic heterocycles. The number of hydrogen-bond acceptors (Lipinski definition) is 8. The van der Waals surface area contributed by atoms with Gasteiger partial charge in [-0.15, -0.1) is 0 Å². The van der Waals surface area contributed by atoms with Gasteiger partial charge in [0.25, 0.3) is 0 Å². The van der Waals surface area contributed by atoms with Crippen molar-refractivity contribution in [2.75, 3.05) is 17.2 Å². The Kier molecular flexibility index (Phi) is 3.78. The summed E-state index contributed by atoms with van der Waals surface area (Å²) >= 11 is 0. The quantitative estimate of drug-likeness (QED) is 0.557. The van der Waals surface area contributed by atoms with Gasteiger partial charge in [-0.1, -0.05) is 0 Å². The maximum absolute atomic E-state index is 9.77. The van der Waals surface area contributed by atoms with Crippen LogP contribution in [0.4, 0.5) is 17.8 Å². The molecule has 0 unspecified atom stereocenters. The number of aldehydes is 1. The zero-order chi connectivity index (χ0) is 12.0. The average molecular weight is 222 g/mol. The van der Waals surface area contributed by atoms with Gasteiger partial charge < -0.3 is 21.6 Å². The monoisotopic (exact) mass is 222 g/mol. The highest BCUT2D eigenvalue weighted by atomic mass is 16.3. The average Bonchev–Trinajstić information content (AvgIpc) is 2.68. The number of nitrogen functional groups attached to an aromatic ring is 3. The van der Waals surface area contributed by atoms with Crippen molar-refractivity contribution in [3.05, 3.63) is 24.2 Å². The summed E-state index contributed by atoms with van der Waals surface area (Å²) in [4.78, 5) is 20.2. The van der Waals surface area contributed by atoms with Crippen LogP contribution >= 0.6 is 0 Å². The molecule has 8 nitrogen and oxygen atoms in total. The van der Waals surface area contributed by atoms with E-state index in [2.05, 4.69) is 19.4 Å². The molecule has 2 aromatic rings. The van der Waals surface area contributed by atoms with Crippen LogP contribution in [-0.2, 0) is 0 Å². The second-order valence-electron chi connectivity index (χ2n) is 2.54. The Morgan fingerprint density at radius 3 is 1.81 bits per heavy atom. The van der Waals surface area contributed by atoms with Crippen LogP contribution in [-0.4, -0.2) is 21.2 Å². The highest BCUT2D eigenvalue weighted by Gasteiger charge is 1.93. The predicted molar refractivity (Wildman–Crippen MR) is 57.2 cm³/mol. The molecular weight excluding hydrogens is 212 g/mol. The normalized spacial score (nSPS) is 9.00. The molecule has 2 rings (SSSR count). The Morgan fingerprint density at radius 1 is 1.06 bits per heavy atom. The molecule has 8 heteroatoms. The zero-order valence-electron chi connectivity index (χ0n) is 8.20. The number of rotatable bonds is 1. The van der Waals surface area contributed by atoms with Crippen LogP contribution in [0.2, 0.25) is 0 Å². The first-order chi connectivity index (χ1) is 7.61. The summed E-state index contributed by atoms with van der Waals surface area (Å²) in [7, 11) is 0. The molecule has 0 spiro atoms. The molecule has 0 aromatic carbocycles.